The quantitative estimate of drug-likeness (QED) is 0.756. The first-order valence-electron chi connectivity index (χ1n) is 6.78. The van der Waals surface area contributed by atoms with E-state index in [1.54, 1.807) is 6.07 Å². The number of aliphatic hydroxyl groups is 2. The summed E-state index contributed by atoms with van der Waals surface area (Å²) in [6.45, 7) is 1.53. The Morgan fingerprint density at radius 2 is 2.05 bits per heavy atom. The number of hydrogen-bond acceptors (Lipinski definition) is 4. The number of aliphatic hydroxyl groups excluding tert-OH is 2. The first kappa shape index (κ1) is 13.3. The van der Waals surface area contributed by atoms with E-state index in [-0.39, 0.29) is 12.5 Å². The van der Waals surface area contributed by atoms with E-state index < -0.39 is 17.8 Å². The van der Waals surface area contributed by atoms with Gasteiger partial charge in [-0.25, -0.2) is 4.39 Å². The molecule has 3 rings (SSSR count). The highest BCUT2D eigenvalue weighted by molar-refractivity contribution is 6.02. The fraction of sp³-hybridized carbons (Fsp3) is 0.500. The third-order valence-corrected chi connectivity index (χ3v) is 4.13. The molecule has 2 heterocycles. The third-order valence-electron chi connectivity index (χ3n) is 4.13. The lowest BCUT2D eigenvalue weighted by molar-refractivity contribution is -0.123. The summed E-state index contributed by atoms with van der Waals surface area (Å²) in [5, 5.41) is 21.3. The molecule has 0 spiro atoms. The third kappa shape index (κ3) is 2.14. The van der Waals surface area contributed by atoms with Gasteiger partial charge in [-0.1, -0.05) is 0 Å². The topological polar surface area (TPSA) is 72.8 Å². The van der Waals surface area contributed by atoms with Gasteiger partial charge in [0.15, 0.2) is 6.10 Å². The normalized spacial score (nSPS) is 22.9. The van der Waals surface area contributed by atoms with Crippen molar-refractivity contribution in [2.75, 3.05) is 29.9 Å². The SMILES string of the molecule is O=C1Nc2cc(N3CCC(CO)CC3)c(F)cc2C1O. The maximum Gasteiger partial charge on any atom is 0.257 e. The second-order valence-electron chi connectivity index (χ2n) is 5.40. The largest absolute Gasteiger partial charge is 0.396 e. The number of carbonyl (C=O) groups excluding carboxylic acids is 1. The summed E-state index contributed by atoms with van der Waals surface area (Å²) >= 11 is 0. The predicted octanol–water partition coefficient (Wildman–Crippen LogP) is 1.02. The Hall–Kier alpha value is -1.66. The molecule has 1 saturated heterocycles. The molecule has 1 unspecified atom stereocenters. The number of nitrogens with zero attached hydrogens (tertiary/aromatic N) is 1. The summed E-state index contributed by atoms with van der Waals surface area (Å²) < 4.78 is 14.2. The van der Waals surface area contributed by atoms with Crippen LogP contribution in [0.15, 0.2) is 12.1 Å². The molecule has 0 aliphatic carbocycles. The van der Waals surface area contributed by atoms with E-state index in [0.717, 1.165) is 12.8 Å². The Bertz CT molecular complexity index is 541. The predicted molar refractivity (Wildman–Crippen MR) is 72.0 cm³/mol. The van der Waals surface area contributed by atoms with Crippen molar-refractivity contribution >= 4 is 17.3 Å². The van der Waals surface area contributed by atoms with Crippen molar-refractivity contribution in [1.29, 1.82) is 0 Å². The molecule has 1 fully saturated rings. The maximum atomic E-state index is 14.2. The zero-order chi connectivity index (χ0) is 14.3. The molecule has 1 amide bonds. The van der Waals surface area contributed by atoms with Crippen molar-refractivity contribution in [3.05, 3.63) is 23.5 Å². The van der Waals surface area contributed by atoms with Crippen molar-refractivity contribution < 1.29 is 19.4 Å². The number of piperidine rings is 1. The molecular weight excluding hydrogens is 263 g/mol. The van der Waals surface area contributed by atoms with Gasteiger partial charge >= 0.3 is 0 Å². The Labute approximate surface area is 116 Å². The molecule has 0 aromatic heterocycles. The van der Waals surface area contributed by atoms with Gasteiger partial charge in [-0.2, -0.15) is 0 Å². The molecule has 2 aliphatic heterocycles. The fourth-order valence-electron chi connectivity index (χ4n) is 2.85. The number of hydrogen-bond donors (Lipinski definition) is 3. The van der Waals surface area contributed by atoms with Gasteiger partial charge in [0, 0.05) is 30.9 Å². The number of fused-ring (bicyclic) bond motifs is 1. The zero-order valence-electron chi connectivity index (χ0n) is 11.0. The summed E-state index contributed by atoms with van der Waals surface area (Å²) in [7, 11) is 0. The first-order valence-corrected chi connectivity index (χ1v) is 6.78. The summed E-state index contributed by atoms with van der Waals surface area (Å²) in [4.78, 5) is 13.3. The van der Waals surface area contributed by atoms with Gasteiger partial charge in [-0.05, 0) is 30.9 Å². The van der Waals surface area contributed by atoms with Gasteiger partial charge in [-0.3, -0.25) is 4.79 Å². The van der Waals surface area contributed by atoms with E-state index >= 15 is 0 Å². The summed E-state index contributed by atoms with van der Waals surface area (Å²) in [6, 6.07) is 2.81. The molecule has 1 atom stereocenters. The average molecular weight is 280 g/mol. The molecule has 2 aliphatic rings. The molecule has 108 valence electrons. The van der Waals surface area contributed by atoms with Crippen LogP contribution < -0.4 is 10.2 Å². The number of benzene rings is 1. The number of amides is 1. The van der Waals surface area contributed by atoms with Crippen LogP contribution in [-0.2, 0) is 4.79 Å². The van der Waals surface area contributed by atoms with Gasteiger partial charge in [0.2, 0.25) is 0 Å². The van der Waals surface area contributed by atoms with E-state index in [1.807, 2.05) is 4.90 Å². The molecule has 1 aromatic rings. The monoisotopic (exact) mass is 280 g/mol. The van der Waals surface area contributed by atoms with Crippen molar-refractivity contribution in [2.45, 2.75) is 18.9 Å². The minimum Gasteiger partial charge on any atom is -0.396 e. The molecule has 0 bridgehead atoms. The average Bonchev–Trinajstić information content (AvgIpc) is 2.74. The summed E-state index contributed by atoms with van der Waals surface area (Å²) in [6.07, 6.45) is 0.359. The minimum atomic E-state index is -1.28. The maximum absolute atomic E-state index is 14.2. The van der Waals surface area contributed by atoms with Gasteiger partial charge in [0.25, 0.3) is 5.91 Å². The lowest BCUT2D eigenvalue weighted by atomic mass is 9.97. The van der Waals surface area contributed by atoms with Crippen molar-refractivity contribution in [3.8, 4) is 0 Å². The summed E-state index contributed by atoms with van der Waals surface area (Å²) in [5.41, 5.74) is 1.21. The minimum absolute atomic E-state index is 0.169. The second-order valence-corrected chi connectivity index (χ2v) is 5.40. The van der Waals surface area contributed by atoms with Crippen LogP contribution in [0.3, 0.4) is 0 Å². The highest BCUT2D eigenvalue weighted by atomic mass is 19.1. The van der Waals surface area contributed by atoms with Gasteiger partial charge in [-0.15, -0.1) is 0 Å². The van der Waals surface area contributed by atoms with E-state index in [9.17, 15) is 14.3 Å². The fourth-order valence-corrected chi connectivity index (χ4v) is 2.85. The first-order chi connectivity index (χ1) is 9.60. The smallest absolute Gasteiger partial charge is 0.257 e. The van der Waals surface area contributed by atoms with Crippen molar-refractivity contribution in [1.82, 2.24) is 0 Å². The van der Waals surface area contributed by atoms with Crippen LogP contribution in [0.2, 0.25) is 0 Å². The standard InChI is InChI=1S/C14H17FN2O3/c15-10-5-9-11(16-14(20)13(9)19)6-12(10)17-3-1-8(7-18)2-4-17/h5-6,8,13,18-19H,1-4,7H2,(H,16,20). The van der Waals surface area contributed by atoms with Crippen molar-refractivity contribution in [2.24, 2.45) is 5.92 Å². The molecule has 20 heavy (non-hydrogen) atoms. The number of nitrogens with one attached hydrogen (secondary N) is 1. The van der Waals surface area contributed by atoms with E-state index in [1.165, 1.54) is 6.07 Å². The number of halogens is 1. The Balaban J connectivity index is 1.85. The lowest BCUT2D eigenvalue weighted by Gasteiger charge is -2.33. The highest BCUT2D eigenvalue weighted by Gasteiger charge is 2.31. The number of carbonyl (C=O) groups is 1. The van der Waals surface area contributed by atoms with Crippen molar-refractivity contribution in [3.63, 3.8) is 0 Å². The van der Waals surface area contributed by atoms with Crippen LogP contribution in [0, 0.1) is 11.7 Å². The second kappa shape index (κ2) is 5.03. The summed E-state index contributed by atoms with van der Waals surface area (Å²) in [5.74, 6) is -0.664. The number of rotatable bonds is 2. The van der Waals surface area contributed by atoms with Gasteiger partial charge < -0.3 is 20.4 Å². The van der Waals surface area contributed by atoms with E-state index in [4.69, 9.17) is 5.11 Å². The van der Waals surface area contributed by atoms with Gasteiger partial charge in [0.05, 0.1) is 5.69 Å². The van der Waals surface area contributed by atoms with Crippen LogP contribution >= 0.6 is 0 Å². The molecule has 1 aromatic carbocycles. The van der Waals surface area contributed by atoms with Crippen LogP contribution in [0.25, 0.3) is 0 Å². The number of anilines is 2. The lowest BCUT2D eigenvalue weighted by Crippen LogP contribution is -2.35. The molecule has 0 saturated carbocycles. The molecule has 0 radical (unpaired) electrons. The van der Waals surface area contributed by atoms with Crippen LogP contribution in [-0.4, -0.2) is 35.8 Å². The molecule has 3 N–H and O–H groups in total. The Morgan fingerprint density at radius 1 is 1.35 bits per heavy atom. The van der Waals surface area contributed by atoms with Gasteiger partial charge in [0.1, 0.15) is 5.82 Å². The van der Waals surface area contributed by atoms with Crippen LogP contribution in [0.5, 0.6) is 0 Å². The Morgan fingerprint density at radius 3 is 2.70 bits per heavy atom. The van der Waals surface area contributed by atoms with Crippen LogP contribution in [0.4, 0.5) is 15.8 Å². The Kier molecular flexibility index (Phi) is 3.35. The van der Waals surface area contributed by atoms with Crippen LogP contribution in [0.1, 0.15) is 24.5 Å². The molecule has 5 nitrogen and oxygen atoms in total. The molecule has 6 heteroatoms. The zero-order valence-corrected chi connectivity index (χ0v) is 11.0. The highest BCUT2D eigenvalue weighted by Crippen LogP contribution is 2.36. The van der Waals surface area contributed by atoms with E-state index in [2.05, 4.69) is 5.32 Å². The molecular formula is C14H17FN2O3. The van der Waals surface area contributed by atoms with E-state index in [0.29, 0.717) is 30.0 Å².